The second-order valence-electron chi connectivity index (χ2n) is 4.23. The Hall–Kier alpha value is -0.950. The van der Waals surface area contributed by atoms with Gasteiger partial charge in [-0.3, -0.25) is 0 Å². The van der Waals surface area contributed by atoms with Crippen LogP contribution in [0.2, 0.25) is 0 Å². The molecule has 0 aliphatic rings. The molecule has 0 aliphatic heterocycles. The Kier molecular flexibility index (Phi) is 3.55. The first-order valence-corrected chi connectivity index (χ1v) is 6.35. The van der Waals surface area contributed by atoms with Crippen molar-refractivity contribution in [2.45, 2.75) is 32.6 Å². The largest absolute Gasteiger partial charge is 0.460 e. The zero-order chi connectivity index (χ0) is 11.5. The highest BCUT2D eigenvalue weighted by Gasteiger charge is 2.18. The van der Waals surface area contributed by atoms with E-state index in [1.54, 1.807) is 0 Å². The molecule has 0 saturated carbocycles. The first-order valence-electron chi connectivity index (χ1n) is 5.82. The van der Waals surface area contributed by atoms with Crippen LogP contribution in [-0.2, 0) is 0 Å². The summed E-state index contributed by atoms with van der Waals surface area (Å²) < 4.78 is 5.92. The Morgan fingerprint density at radius 1 is 1.31 bits per heavy atom. The van der Waals surface area contributed by atoms with Crippen LogP contribution in [0.25, 0.3) is 11.0 Å². The molecule has 0 radical (unpaired) electrons. The maximum atomic E-state index is 6.02. The lowest BCUT2D eigenvalue weighted by molar-refractivity contribution is 0.485. The van der Waals surface area contributed by atoms with Crippen LogP contribution >= 0.6 is 11.6 Å². The molecule has 86 valence electrons. The fraction of sp³-hybridized carbons (Fsp3) is 0.429. The van der Waals surface area contributed by atoms with Crippen LogP contribution in [0, 0.1) is 6.92 Å². The average molecular weight is 237 g/mol. The molecule has 2 aromatic rings. The van der Waals surface area contributed by atoms with E-state index >= 15 is 0 Å². The molecule has 0 amide bonds. The average Bonchev–Trinajstić information content (AvgIpc) is 2.64. The molecule has 1 aromatic heterocycles. The second-order valence-corrected chi connectivity index (χ2v) is 4.54. The minimum Gasteiger partial charge on any atom is -0.460 e. The SMILES string of the molecule is CCCC(CCl)c1oc2ccccc2c1C. The van der Waals surface area contributed by atoms with Crippen LogP contribution in [0.15, 0.2) is 28.7 Å². The van der Waals surface area contributed by atoms with Crippen molar-refractivity contribution in [3.05, 3.63) is 35.6 Å². The van der Waals surface area contributed by atoms with Crippen molar-refractivity contribution in [1.82, 2.24) is 0 Å². The molecule has 0 N–H and O–H groups in total. The number of furan rings is 1. The maximum absolute atomic E-state index is 6.02. The fourth-order valence-corrected chi connectivity index (χ4v) is 2.50. The smallest absolute Gasteiger partial charge is 0.134 e. The van der Waals surface area contributed by atoms with Gasteiger partial charge < -0.3 is 4.42 Å². The highest BCUT2D eigenvalue weighted by molar-refractivity contribution is 6.18. The molecule has 0 saturated heterocycles. The van der Waals surface area contributed by atoms with Gasteiger partial charge in [-0.2, -0.15) is 0 Å². The summed E-state index contributed by atoms with van der Waals surface area (Å²) in [5.41, 5.74) is 2.22. The number of para-hydroxylation sites is 1. The lowest BCUT2D eigenvalue weighted by atomic mass is 9.99. The van der Waals surface area contributed by atoms with Gasteiger partial charge in [0.05, 0.1) is 0 Å². The van der Waals surface area contributed by atoms with Gasteiger partial charge in [0.25, 0.3) is 0 Å². The van der Waals surface area contributed by atoms with E-state index in [0.29, 0.717) is 11.8 Å². The number of alkyl halides is 1. The van der Waals surface area contributed by atoms with Gasteiger partial charge in [-0.05, 0) is 25.0 Å². The molecular weight excluding hydrogens is 220 g/mol. The highest BCUT2D eigenvalue weighted by atomic mass is 35.5. The van der Waals surface area contributed by atoms with Crippen LogP contribution in [0.5, 0.6) is 0 Å². The number of fused-ring (bicyclic) bond motifs is 1. The standard InChI is InChI=1S/C14H17ClO/c1-3-6-11(9-15)14-10(2)12-7-4-5-8-13(12)16-14/h4-5,7-8,11H,3,6,9H2,1-2H3. The van der Waals surface area contributed by atoms with Gasteiger partial charge in [0, 0.05) is 17.2 Å². The minimum absolute atomic E-state index is 0.346. The van der Waals surface area contributed by atoms with Crippen molar-refractivity contribution in [2.75, 3.05) is 5.88 Å². The van der Waals surface area contributed by atoms with Gasteiger partial charge in [0.1, 0.15) is 11.3 Å². The summed E-state index contributed by atoms with van der Waals surface area (Å²) in [5, 5.41) is 1.21. The van der Waals surface area contributed by atoms with E-state index in [9.17, 15) is 0 Å². The summed E-state index contributed by atoms with van der Waals surface area (Å²) in [5.74, 6) is 2.05. The van der Waals surface area contributed by atoms with E-state index in [0.717, 1.165) is 24.2 Å². The van der Waals surface area contributed by atoms with E-state index < -0.39 is 0 Å². The van der Waals surface area contributed by atoms with E-state index in [1.807, 2.05) is 18.2 Å². The Morgan fingerprint density at radius 3 is 2.69 bits per heavy atom. The van der Waals surface area contributed by atoms with Gasteiger partial charge in [0.2, 0.25) is 0 Å². The van der Waals surface area contributed by atoms with Crippen molar-refractivity contribution in [3.8, 4) is 0 Å². The van der Waals surface area contributed by atoms with E-state index in [1.165, 1.54) is 10.9 Å². The number of halogens is 1. The Bertz CT molecular complexity index is 473. The topological polar surface area (TPSA) is 13.1 Å². The third-order valence-electron chi connectivity index (χ3n) is 3.07. The van der Waals surface area contributed by atoms with Crippen LogP contribution in [0.4, 0.5) is 0 Å². The van der Waals surface area contributed by atoms with Crippen LogP contribution < -0.4 is 0 Å². The van der Waals surface area contributed by atoms with E-state index in [2.05, 4.69) is 19.9 Å². The zero-order valence-electron chi connectivity index (χ0n) is 9.79. The quantitative estimate of drug-likeness (QED) is 0.691. The van der Waals surface area contributed by atoms with Gasteiger partial charge in [-0.15, -0.1) is 11.6 Å². The Labute approximate surface area is 101 Å². The van der Waals surface area contributed by atoms with Crippen molar-refractivity contribution in [2.24, 2.45) is 0 Å². The first-order chi connectivity index (χ1) is 7.77. The van der Waals surface area contributed by atoms with Crippen LogP contribution in [0.3, 0.4) is 0 Å². The second kappa shape index (κ2) is 4.92. The predicted molar refractivity (Wildman–Crippen MR) is 69.3 cm³/mol. The number of aryl methyl sites for hydroxylation is 1. The Morgan fingerprint density at radius 2 is 2.06 bits per heavy atom. The molecule has 2 heteroatoms. The summed E-state index contributed by atoms with van der Waals surface area (Å²) in [6, 6.07) is 8.17. The lowest BCUT2D eigenvalue weighted by Crippen LogP contribution is -2.00. The molecule has 1 heterocycles. The molecule has 1 atom stereocenters. The molecule has 0 bridgehead atoms. The molecule has 1 unspecified atom stereocenters. The van der Waals surface area contributed by atoms with Crippen LogP contribution in [-0.4, -0.2) is 5.88 Å². The van der Waals surface area contributed by atoms with Crippen molar-refractivity contribution >= 4 is 22.6 Å². The number of benzene rings is 1. The maximum Gasteiger partial charge on any atom is 0.134 e. The van der Waals surface area contributed by atoms with Crippen molar-refractivity contribution in [3.63, 3.8) is 0 Å². The van der Waals surface area contributed by atoms with Crippen molar-refractivity contribution < 1.29 is 4.42 Å². The minimum atomic E-state index is 0.346. The summed E-state index contributed by atoms with van der Waals surface area (Å²) in [4.78, 5) is 0. The monoisotopic (exact) mass is 236 g/mol. The Balaban J connectivity index is 2.47. The summed E-state index contributed by atoms with van der Waals surface area (Å²) >= 11 is 6.02. The van der Waals surface area contributed by atoms with Gasteiger partial charge in [-0.25, -0.2) is 0 Å². The highest BCUT2D eigenvalue weighted by Crippen LogP contribution is 2.33. The molecule has 0 spiro atoms. The zero-order valence-corrected chi connectivity index (χ0v) is 10.6. The molecule has 2 rings (SSSR count). The summed E-state index contributed by atoms with van der Waals surface area (Å²) in [7, 11) is 0. The molecule has 1 aromatic carbocycles. The summed E-state index contributed by atoms with van der Waals surface area (Å²) in [6.45, 7) is 4.30. The number of hydrogen-bond acceptors (Lipinski definition) is 1. The first kappa shape index (κ1) is 11.5. The van der Waals surface area contributed by atoms with Gasteiger partial charge in [-0.1, -0.05) is 31.5 Å². The lowest BCUT2D eigenvalue weighted by Gasteiger charge is -2.10. The predicted octanol–water partition coefficient (Wildman–Crippen LogP) is 4.86. The third-order valence-corrected chi connectivity index (χ3v) is 3.45. The van der Waals surface area contributed by atoms with E-state index in [-0.39, 0.29) is 0 Å². The van der Waals surface area contributed by atoms with Gasteiger partial charge in [0.15, 0.2) is 0 Å². The summed E-state index contributed by atoms with van der Waals surface area (Å²) in [6.07, 6.45) is 2.22. The molecule has 1 nitrogen and oxygen atoms in total. The van der Waals surface area contributed by atoms with Gasteiger partial charge >= 0.3 is 0 Å². The molecule has 0 fully saturated rings. The van der Waals surface area contributed by atoms with Crippen LogP contribution in [0.1, 0.15) is 37.0 Å². The fourth-order valence-electron chi connectivity index (χ4n) is 2.21. The molecule has 16 heavy (non-hydrogen) atoms. The van der Waals surface area contributed by atoms with E-state index in [4.69, 9.17) is 16.0 Å². The number of rotatable bonds is 4. The van der Waals surface area contributed by atoms with Crippen molar-refractivity contribution in [1.29, 1.82) is 0 Å². The number of hydrogen-bond donors (Lipinski definition) is 0. The molecular formula is C14H17ClO. The molecule has 0 aliphatic carbocycles. The normalized spacial score (nSPS) is 13.2. The third kappa shape index (κ3) is 1.97.